The average Bonchev–Trinajstić information content (AvgIpc) is 2.98. The van der Waals surface area contributed by atoms with Crippen molar-refractivity contribution in [3.63, 3.8) is 0 Å². The first-order valence-corrected chi connectivity index (χ1v) is 8.97. The van der Waals surface area contributed by atoms with E-state index in [-0.39, 0.29) is 10.9 Å². The van der Waals surface area contributed by atoms with E-state index in [1.54, 1.807) is 16.3 Å². The number of anilines is 1. The summed E-state index contributed by atoms with van der Waals surface area (Å²) < 4.78 is 38.2. The minimum atomic E-state index is -4.47. The highest BCUT2D eigenvalue weighted by molar-refractivity contribution is 7.08. The number of rotatable bonds is 2. The van der Waals surface area contributed by atoms with Crippen LogP contribution in [-0.2, 0) is 6.18 Å². The number of aromatic nitrogens is 1. The van der Waals surface area contributed by atoms with Crippen LogP contribution >= 0.6 is 22.9 Å². The van der Waals surface area contributed by atoms with E-state index in [0.717, 1.165) is 12.3 Å². The summed E-state index contributed by atoms with van der Waals surface area (Å²) >= 11 is 7.48. The maximum Gasteiger partial charge on any atom is 0.417 e. The zero-order valence-electron chi connectivity index (χ0n) is 13.1. The van der Waals surface area contributed by atoms with Gasteiger partial charge in [-0.15, -0.1) is 0 Å². The molecule has 1 saturated heterocycles. The maximum absolute atomic E-state index is 12.7. The van der Waals surface area contributed by atoms with Gasteiger partial charge in [-0.2, -0.15) is 24.5 Å². The number of carbonyl (C=O) groups is 1. The molecular weight excluding hydrogens is 375 g/mol. The van der Waals surface area contributed by atoms with Gasteiger partial charge >= 0.3 is 6.18 Å². The Balaban J connectivity index is 1.72. The van der Waals surface area contributed by atoms with Crippen LogP contribution in [0.4, 0.5) is 19.0 Å². The fourth-order valence-electron chi connectivity index (χ4n) is 2.72. The van der Waals surface area contributed by atoms with Crippen LogP contribution in [0.1, 0.15) is 22.3 Å². The largest absolute Gasteiger partial charge is 0.417 e. The number of thiophene rings is 1. The van der Waals surface area contributed by atoms with Gasteiger partial charge in [-0.05, 0) is 23.9 Å². The summed E-state index contributed by atoms with van der Waals surface area (Å²) in [5.41, 5.74) is -0.213. The zero-order valence-corrected chi connectivity index (χ0v) is 14.7. The molecule has 0 saturated carbocycles. The molecule has 9 heteroatoms. The second-order valence-electron chi connectivity index (χ2n) is 5.67. The molecule has 2 aromatic heterocycles. The molecule has 0 atom stereocenters. The zero-order chi connectivity index (χ0) is 18.0. The van der Waals surface area contributed by atoms with Crippen molar-refractivity contribution >= 4 is 34.7 Å². The van der Waals surface area contributed by atoms with E-state index in [0.29, 0.717) is 44.0 Å². The van der Waals surface area contributed by atoms with Gasteiger partial charge in [-0.25, -0.2) is 4.98 Å². The van der Waals surface area contributed by atoms with Crippen LogP contribution in [0.5, 0.6) is 0 Å². The second-order valence-corrected chi connectivity index (χ2v) is 6.86. The molecule has 0 spiro atoms. The van der Waals surface area contributed by atoms with Crippen LogP contribution in [0.15, 0.2) is 29.1 Å². The van der Waals surface area contributed by atoms with Crippen molar-refractivity contribution in [3.8, 4) is 0 Å². The fourth-order valence-corrected chi connectivity index (χ4v) is 3.64. The van der Waals surface area contributed by atoms with Gasteiger partial charge in [0.25, 0.3) is 5.91 Å². The van der Waals surface area contributed by atoms with Gasteiger partial charge in [0.1, 0.15) is 5.82 Å². The first-order chi connectivity index (χ1) is 11.9. The molecule has 1 amide bonds. The normalized spacial score (nSPS) is 16.0. The van der Waals surface area contributed by atoms with Crippen molar-refractivity contribution < 1.29 is 18.0 Å². The molecule has 2 aromatic rings. The Labute approximate surface area is 151 Å². The van der Waals surface area contributed by atoms with Gasteiger partial charge in [0.05, 0.1) is 16.1 Å². The van der Waals surface area contributed by atoms with Gasteiger partial charge in [0.15, 0.2) is 0 Å². The number of hydrogen-bond acceptors (Lipinski definition) is 4. The molecule has 1 aliphatic rings. The Kier molecular flexibility index (Phi) is 5.19. The van der Waals surface area contributed by atoms with E-state index in [1.807, 2.05) is 10.3 Å². The van der Waals surface area contributed by atoms with Crippen LogP contribution in [0.2, 0.25) is 5.02 Å². The molecule has 3 rings (SSSR count). The summed E-state index contributed by atoms with van der Waals surface area (Å²) in [6.45, 7) is 2.09. The molecule has 0 N–H and O–H groups in total. The predicted molar refractivity (Wildman–Crippen MR) is 91.3 cm³/mol. The Bertz CT molecular complexity index is 752. The van der Waals surface area contributed by atoms with Crippen LogP contribution in [0.3, 0.4) is 0 Å². The molecule has 0 radical (unpaired) electrons. The van der Waals surface area contributed by atoms with E-state index in [4.69, 9.17) is 11.6 Å². The molecule has 0 bridgehead atoms. The van der Waals surface area contributed by atoms with Crippen LogP contribution in [0, 0.1) is 0 Å². The SMILES string of the molecule is O=C(c1ccsc1)N1CCCN(c2ncc(C(F)(F)F)cc2Cl)CC1. The minimum Gasteiger partial charge on any atom is -0.354 e. The lowest BCUT2D eigenvalue weighted by atomic mass is 10.2. The van der Waals surface area contributed by atoms with Gasteiger partial charge in [0.2, 0.25) is 0 Å². The van der Waals surface area contributed by atoms with Crippen molar-refractivity contribution in [1.82, 2.24) is 9.88 Å². The second kappa shape index (κ2) is 7.21. The molecule has 4 nitrogen and oxygen atoms in total. The van der Waals surface area contributed by atoms with Gasteiger partial charge in [0, 0.05) is 37.8 Å². The number of alkyl halides is 3. The summed E-state index contributed by atoms with van der Waals surface area (Å²) in [4.78, 5) is 19.9. The first kappa shape index (κ1) is 18.0. The van der Waals surface area contributed by atoms with E-state index < -0.39 is 11.7 Å². The molecule has 0 aromatic carbocycles. The van der Waals surface area contributed by atoms with E-state index in [9.17, 15) is 18.0 Å². The molecule has 3 heterocycles. The molecule has 0 unspecified atom stereocenters. The standard InChI is InChI=1S/C16H15ClF3N3OS/c17-13-8-12(16(18,19)20)9-21-14(13)22-3-1-4-23(6-5-22)15(24)11-2-7-25-10-11/h2,7-10H,1,3-6H2. The van der Waals surface area contributed by atoms with Crippen molar-refractivity contribution in [3.05, 3.63) is 45.2 Å². The third-order valence-corrected chi connectivity index (χ3v) is 4.96. The van der Waals surface area contributed by atoms with E-state index in [1.165, 1.54) is 11.3 Å². The number of halogens is 4. The van der Waals surface area contributed by atoms with Crippen LogP contribution in [-0.4, -0.2) is 42.0 Å². The third-order valence-electron chi connectivity index (χ3n) is 4.00. The minimum absolute atomic E-state index is 0.0328. The summed E-state index contributed by atoms with van der Waals surface area (Å²) in [5, 5.41) is 3.62. The monoisotopic (exact) mass is 389 g/mol. The van der Waals surface area contributed by atoms with Crippen LogP contribution < -0.4 is 4.90 Å². The molecule has 134 valence electrons. The fraction of sp³-hybridized carbons (Fsp3) is 0.375. The van der Waals surface area contributed by atoms with Crippen molar-refractivity contribution in [2.24, 2.45) is 0 Å². The highest BCUT2D eigenvalue weighted by atomic mass is 35.5. The molecule has 0 aliphatic carbocycles. The van der Waals surface area contributed by atoms with Gasteiger partial charge in [-0.1, -0.05) is 11.6 Å². The number of pyridine rings is 1. The Morgan fingerprint density at radius 1 is 1.24 bits per heavy atom. The lowest BCUT2D eigenvalue weighted by molar-refractivity contribution is -0.137. The Morgan fingerprint density at radius 2 is 2.04 bits per heavy atom. The topological polar surface area (TPSA) is 36.4 Å². The van der Waals surface area contributed by atoms with Gasteiger partial charge in [-0.3, -0.25) is 4.79 Å². The molecular formula is C16H15ClF3N3OS. The summed E-state index contributed by atoms with van der Waals surface area (Å²) in [6.07, 6.45) is -2.99. The number of nitrogens with zero attached hydrogens (tertiary/aromatic N) is 3. The summed E-state index contributed by atoms with van der Waals surface area (Å²) in [7, 11) is 0. The summed E-state index contributed by atoms with van der Waals surface area (Å²) in [5.74, 6) is 0.286. The molecule has 1 fully saturated rings. The number of hydrogen-bond donors (Lipinski definition) is 0. The predicted octanol–water partition coefficient (Wildman–Crippen LogP) is 4.17. The van der Waals surface area contributed by atoms with Crippen LogP contribution in [0.25, 0.3) is 0 Å². The third kappa shape index (κ3) is 4.07. The maximum atomic E-state index is 12.7. The highest BCUT2D eigenvalue weighted by Crippen LogP contribution is 2.33. The van der Waals surface area contributed by atoms with Crippen molar-refractivity contribution in [2.45, 2.75) is 12.6 Å². The summed E-state index contributed by atoms with van der Waals surface area (Å²) in [6, 6.07) is 2.67. The van der Waals surface area contributed by atoms with Gasteiger partial charge < -0.3 is 9.80 Å². The molecule has 25 heavy (non-hydrogen) atoms. The highest BCUT2D eigenvalue weighted by Gasteiger charge is 2.32. The Hall–Kier alpha value is -1.80. The van der Waals surface area contributed by atoms with E-state index >= 15 is 0 Å². The number of amides is 1. The lowest BCUT2D eigenvalue weighted by Crippen LogP contribution is -2.35. The quantitative estimate of drug-likeness (QED) is 0.773. The smallest absolute Gasteiger partial charge is 0.354 e. The first-order valence-electron chi connectivity index (χ1n) is 7.65. The van der Waals surface area contributed by atoms with Crippen molar-refractivity contribution in [2.75, 3.05) is 31.1 Å². The number of carbonyl (C=O) groups excluding carboxylic acids is 1. The lowest BCUT2D eigenvalue weighted by Gasteiger charge is -2.24. The van der Waals surface area contributed by atoms with Crippen molar-refractivity contribution in [1.29, 1.82) is 0 Å². The molecule has 1 aliphatic heterocycles. The Morgan fingerprint density at radius 3 is 2.68 bits per heavy atom. The average molecular weight is 390 g/mol. The van der Waals surface area contributed by atoms with E-state index in [2.05, 4.69) is 4.98 Å².